The number of nitrogens with zero attached hydrogens (tertiary/aromatic N) is 1. The van der Waals surface area contributed by atoms with Crippen LogP contribution in [0.15, 0.2) is 30.3 Å². The van der Waals surface area contributed by atoms with Crippen molar-refractivity contribution >= 4 is 12.0 Å². The van der Waals surface area contributed by atoms with Gasteiger partial charge in [-0.05, 0) is 19.1 Å². The fourth-order valence-corrected chi connectivity index (χ4v) is 1.15. The first-order chi connectivity index (χ1) is 5.88. The van der Waals surface area contributed by atoms with Gasteiger partial charge in [-0.2, -0.15) is 0 Å². The SMILES string of the molecule is CCN(CC=O)c1ccccc1. The third-order valence-electron chi connectivity index (χ3n) is 1.80. The normalized spacial score (nSPS) is 9.42. The summed E-state index contributed by atoms with van der Waals surface area (Å²) in [5.74, 6) is 0. The smallest absolute Gasteiger partial charge is 0.139 e. The Bertz CT molecular complexity index is 233. The third kappa shape index (κ3) is 2.09. The van der Waals surface area contributed by atoms with Crippen molar-refractivity contribution in [3.63, 3.8) is 0 Å². The number of likely N-dealkylation sites (N-methyl/N-ethyl adjacent to an activating group) is 1. The number of rotatable bonds is 4. The molecule has 0 amide bonds. The zero-order valence-corrected chi connectivity index (χ0v) is 7.23. The molecule has 2 nitrogen and oxygen atoms in total. The first kappa shape index (κ1) is 8.78. The summed E-state index contributed by atoms with van der Waals surface area (Å²) in [5.41, 5.74) is 1.10. The lowest BCUT2D eigenvalue weighted by Gasteiger charge is -2.19. The molecular weight excluding hydrogens is 150 g/mol. The molecule has 1 aromatic carbocycles. The van der Waals surface area contributed by atoms with Crippen molar-refractivity contribution in [2.45, 2.75) is 6.92 Å². The van der Waals surface area contributed by atoms with Crippen molar-refractivity contribution < 1.29 is 4.79 Å². The summed E-state index contributed by atoms with van der Waals surface area (Å²) in [4.78, 5) is 12.3. The minimum atomic E-state index is 0.473. The monoisotopic (exact) mass is 163 g/mol. The predicted molar refractivity (Wildman–Crippen MR) is 50.4 cm³/mol. The van der Waals surface area contributed by atoms with Gasteiger partial charge in [-0.25, -0.2) is 0 Å². The summed E-state index contributed by atoms with van der Waals surface area (Å²) in [7, 11) is 0. The maximum Gasteiger partial charge on any atom is 0.139 e. The highest BCUT2D eigenvalue weighted by atomic mass is 16.1. The van der Waals surface area contributed by atoms with E-state index in [2.05, 4.69) is 0 Å². The van der Waals surface area contributed by atoms with Crippen LogP contribution in [-0.4, -0.2) is 19.4 Å². The number of hydrogen-bond donors (Lipinski definition) is 0. The summed E-state index contributed by atoms with van der Waals surface area (Å²) in [6, 6.07) is 9.93. The zero-order chi connectivity index (χ0) is 8.81. The maximum absolute atomic E-state index is 10.3. The molecule has 0 bridgehead atoms. The van der Waals surface area contributed by atoms with Gasteiger partial charge in [-0.1, -0.05) is 18.2 Å². The number of para-hydroxylation sites is 1. The van der Waals surface area contributed by atoms with E-state index < -0.39 is 0 Å². The number of carbonyl (C=O) groups is 1. The second kappa shape index (κ2) is 4.54. The van der Waals surface area contributed by atoms with E-state index in [4.69, 9.17) is 0 Å². The molecule has 64 valence electrons. The van der Waals surface area contributed by atoms with E-state index >= 15 is 0 Å². The van der Waals surface area contributed by atoms with E-state index in [1.807, 2.05) is 42.2 Å². The Morgan fingerprint density at radius 2 is 2.00 bits per heavy atom. The van der Waals surface area contributed by atoms with Crippen molar-refractivity contribution in [2.75, 3.05) is 18.0 Å². The van der Waals surface area contributed by atoms with Gasteiger partial charge in [0, 0.05) is 12.2 Å². The molecule has 0 aliphatic rings. The molecule has 0 saturated heterocycles. The lowest BCUT2D eigenvalue weighted by molar-refractivity contribution is -0.106. The Morgan fingerprint density at radius 3 is 2.50 bits per heavy atom. The Balaban J connectivity index is 2.72. The van der Waals surface area contributed by atoms with E-state index in [0.717, 1.165) is 18.5 Å². The van der Waals surface area contributed by atoms with Gasteiger partial charge >= 0.3 is 0 Å². The minimum Gasteiger partial charge on any atom is -0.365 e. The minimum absolute atomic E-state index is 0.473. The predicted octanol–water partition coefficient (Wildman–Crippen LogP) is 1.71. The van der Waals surface area contributed by atoms with Gasteiger partial charge in [0.2, 0.25) is 0 Å². The molecule has 0 unspecified atom stereocenters. The van der Waals surface area contributed by atoms with E-state index in [9.17, 15) is 4.79 Å². The summed E-state index contributed by atoms with van der Waals surface area (Å²) in [5, 5.41) is 0. The highest BCUT2D eigenvalue weighted by molar-refractivity contribution is 5.61. The van der Waals surface area contributed by atoms with Gasteiger partial charge in [0.15, 0.2) is 0 Å². The fourth-order valence-electron chi connectivity index (χ4n) is 1.15. The van der Waals surface area contributed by atoms with Crippen LogP contribution in [-0.2, 0) is 4.79 Å². The molecule has 0 radical (unpaired) electrons. The molecule has 1 aromatic rings. The van der Waals surface area contributed by atoms with Crippen molar-refractivity contribution in [1.29, 1.82) is 0 Å². The Labute approximate surface area is 72.8 Å². The second-order valence-electron chi connectivity index (χ2n) is 2.54. The van der Waals surface area contributed by atoms with Gasteiger partial charge in [-0.3, -0.25) is 0 Å². The molecule has 0 N–H and O–H groups in total. The van der Waals surface area contributed by atoms with Crippen LogP contribution in [0.4, 0.5) is 5.69 Å². The summed E-state index contributed by atoms with van der Waals surface area (Å²) >= 11 is 0. The average molecular weight is 163 g/mol. The summed E-state index contributed by atoms with van der Waals surface area (Å²) < 4.78 is 0. The van der Waals surface area contributed by atoms with Crippen LogP contribution >= 0.6 is 0 Å². The quantitative estimate of drug-likeness (QED) is 0.630. The third-order valence-corrected chi connectivity index (χ3v) is 1.80. The number of anilines is 1. The number of benzene rings is 1. The molecule has 0 aliphatic carbocycles. The van der Waals surface area contributed by atoms with E-state index in [-0.39, 0.29) is 0 Å². The van der Waals surface area contributed by atoms with Crippen LogP contribution in [0.25, 0.3) is 0 Å². The standard InChI is InChI=1S/C10H13NO/c1-2-11(8-9-12)10-6-4-3-5-7-10/h3-7,9H,2,8H2,1H3. The van der Waals surface area contributed by atoms with Gasteiger partial charge in [0.25, 0.3) is 0 Å². The molecule has 0 aromatic heterocycles. The van der Waals surface area contributed by atoms with Crippen LogP contribution in [0, 0.1) is 0 Å². The van der Waals surface area contributed by atoms with Crippen molar-refractivity contribution in [3.8, 4) is 0 Å². The average Bonchev–Trinajstić information content (AvgIpc) is 2.15. The van der Waals surface area contributed by atoms with Crippen LogP contribution in [0.3, 0.4) is 0 Å². The zero-order valence-electron chi connectivity index (χ0n) is 7.23. The Kier molecular flexibility index (Phi) is 3.33. The molecule has 0 spiro atoms. The lowest BCUT2D eigenvalue weighted by atomic mass is 10.3. The van der Waals surface area contributed by atoms with Crippen LogP contribution in [0.2, 0.25) is 0 Å². The van der Waals surface area contributed by atoms with Crippen molar-refractivity contribution in [3.05, 3.63) is 30.3 Å². The maximum atomic E-state index is 10.3. The van der Waals surface area contributed by atoms with E-state index in [0.29, 0.717) is 6.54 Å². The Morgan fingerprint density at radius 1 is 1.33 bits per heavy atom. The van der Waals surface area contributed by atoms with Gasteiger partial charge in [0.1, 0.15) is 6.29 Å². The van der Waals surface area contributed by atoms with E-state index in [1.54, 1.807) is 0 Å². The first-order valence-electron chi connectivity index (χ1n) is 4.12. The Hall–Kier alpha value is -1.31. The molecule has 1 rings (SSSR count). The molecular formula is C10H13NO. The summed E-state index contributed by atoms with van der Waals surface area (Å²) in [6.45, 7) is 3.37. The first-order valence-corrected chi connectivity index (χ1v) is 4.12. The van der Waals surface area contributed by atoms with Crippen LogP contribution < -0.4 is 4.90 Å². The number of hydrogen-bond acceptors (Lipinski definition) is 2. The second-order valence-corrected chi connectivity index (χ2v) is 2.54. The fraction of sp³-hybridized carbons (Fsp3) is 0.300. The van der Waals surface area contributed by atoms with Crippen molar-refractivity contribution in [1.82, 2.24) is 0 Å². The van der Waals surface area contributed by atoms with Gasteiger partial charge in [0.05, 0.1) is 6.54 Å². The highest BCUT2D eigenvalue weighted by Crippen LogP contribution is 2.11. The largest absolute Gasteiger partial charge is 0.365 e. The van der Waals surface area contributed by atoms with Crippen LogP contribution in [0.5, 0.6) is 0 Å². The molecule has 0 aliphatic heterocycles. The van der Waals surface area contributed by atoms with Crippen molar-refractivity contribution in [2.24, 2.45) is 0 Å². The number of carbonyl (C=O) groups excluding carboxylic acids is 1. The van der Waals surface area contributed by atoms with Gasteiger partial charge < -0.3 is 9.69 Å². The number of aldehydes is 1. The van der Waals surface area contributed by atoms with Gasteiger partial charge in [-0.15, -0.1) is 0 Å². The summed E-state index contributed by atoms with van der Waals surface area (Å²) in [6.07, 6.45) is 0.927. The lowest BCUT2D eigenvalue weighted by Crippen LogP contribution is -2.24. The molecule has 2 heteroatoms. The molecule has 0 atom stereocenters. The molecule has 0 saturated carbocycles. The highest BCUT2D eigenvalue weighted by Gasteiger charge is 2.00. The van der Waals surface area contributed by atoms with E-state index in [1.165, 1.54) is 0 Å². The molecule has 12 heavy (non-hydrogen) atoms. The topological polar surface area (TPSA) is 20.3 Å². The van der Waals surface area contributed by atoms with Crippen LogP contribution in [0.1, 0.15) is 6.92 Å². The molecule has 0 fully saturated rings. The molecule has 0 heterocycles.